The summed E-state index contributed by atoms with van der Waals surface area (Å²) < 4.78 is 23.2. The summed E-state index contributed by atoms with van der Waals surface area (Å²) in [4.78, 5) is 23.8. The van der Waals surface area contributed by atoms with Gasteiger partial charge in [0, 0.05) is 25.4 Å². The van der Waals surface area contributed by atoms with E-state index in [0.717, 1.165) is 49.7 Å². The van der Waals surface area contributed by atoms with E-state index < -0.39 is 5.82 Å². The lowest BCUT2D eigenvalue weighted by Gasteiger charge is -2.19. The second-order valence-corrected chi connectivity index (χ2v) is 8.80. The number of hydrogen-bond donors (Lipinski definition) is 2. The van der Waals surface area contributed by atoms with Crippen LogP contribution in [0.15, 0.2) is 12.1 Å². The van der Waals surface area contributed by atoms with Crippen LogP contribution in [0.3, 0.4) is 0 Å². The number of aldehydes is 1. The average molecular weight is 460 g/mol. The third-order valence-electron chi connectivity index (χ3n) is 4.92. The van der Waals surface area contributed by atoms with Crippen LogP contribution in [0.2, 0.25) is 5.02 Å². The zero-order chi connectivity index (χ0) is 21.9. The maximum Gasteiger partial charge on any atom is 0.317 e. The molecule has 9 heteroatoms. The first-order valence-electron chi connectivity index (χ1n) is 10.4. The smallest absolute Gasteiger partial charge is 0.317 e. The molecule has 0 radical (unpaired) electrons. The maximum atomic E-state index is 14.2. The van der Waals surface area contributed by atoms with Gasteiger partial charge in [0.25, 0.3) is 0 Å². The van der Waals surface area contributed by atoms with Gasteiger partial charge in [-0.1, -0.05) is 30.0 Å². The fourth-order valence-electron chi connectivity index (χ4n) is 2.86. The van der Waals surface area contributed by atoms with Crippen LogP contribution in [0.1, 0.15) is 50.6 Å². The highest BCUT2D eigenvalue weighted by molar-refractivity contribution is 7.97. The van der Waals surface area contributed by atoms with Gasteiger partial charge in [-0.05, 0) is 56.2 Å². The average Bonchev–Trinajstić information content (AvgIpc) is 3.56. The number of hydrogen-bond acceptors (Lipinski definition) is 5. The van der Waals surface area contributed by atoms with Crippen molar-refractivity contribution in [3.05, 3.63) is 28.5 Å². The summed E-state index contributed by atoms with van der Waals surface area (Å²) in [6.45, 7) is 3.22. The molecule has 0 aromatic heterocycles. The van der Waals surface area contributed by atoms with Crippen LogP contribution in [0, 0.1) is 11.7 Å². The van der Waals surface area contributed by atoms with Gasteiger partial charge < -0.3 is 19.7 Å². The Morgan fingerprint density at radius 2 is 2.17 bits per heavy atom. The molecule has 0 aliphatic heterocycles. The van der Waals surface area contributed by atoms with Crippen LogP contribution < -0.4 is 14.8 Å². The van der Waals surface area contributed by atoms with Crippen LogP contribution in [-0.4, -0.2) is 49.7 Å². The minimum absolute atomic E-state index is 0.0413. The molecule has 2 N–H and O–H groups in total. The molecule has 1 aliphatic carbocycles. The highest BCUT2D eigenvalue weighted by Gasteiger charge is 2.23. The highest BCUT2D eigenvalue weighted by Crippen LogP contribution is 2.34. The Balaban J connectivity index is 1.68. The number of nitrogens with zero attached hydrogens (tertiary/aromatic N) is 1. The van der Waals surface area contributed by atoms with Crippen molar-refractivity contribution in [2.45, 2.75) is 45.1 Å². The molecule has 6 nitrogen and oxygen atoms in total. The van der Waals surface area contributed by atoms with Crippen LogP contribution in [0.25, 0.3) is 0 Å². The SMILES string of the molecule is CNC(=O)N(CC=O)CCCCCSNC(C)c1cc(F)c(Cl)c(OCC2CC2)c1. The van der Waals surface area contributed by atoms with Crippen molar-refractivity contribution in [3.63, 3.8) is 0 Å². The Labute approximate surface area is 187 Å². The number of carbonyl (C=O) groups is 2. The molecule has 1 aromatic carbocycles. The van der Waals surface area contributed by atoms with Gasteiger partial charge in [0.1, 0.15) is 22.9 Å². The van der Waals surface area contributed by atoms with Gasteiger partial charge in [-0.3, -0.25) is 4.72 Å². The van der Waals surface area contributed by atoms with E-state index in [1.165, 1.54) is 11.0 Å². The van der Waals surface area contributed by atoms with E-state index in [2.05, 4.69) is 10.0 Å². The third-order valence-corrected chi connectivity index (χ3v) is 6.30. The van der Waals surface area contributed by atoms with Gasteiger partial charge >= 0.3 is 6.03 Å². The minimum Gasteiger partial charge on any atom is -0.492 e. The molecular weight excluding hydrogens is 429 g/mol. The number of nitrogens with one attached hydrogen (secondary N) is 2. The summed E-state index contributed by atoms with van der Waals surface area (Å²) in [5.74, 6) is 1.41. The van der Waals surface area contributed by atoms with E-state index in [1.807, 2.05) is 13.0 Å². The summed E-state index contributed by atoms with van der Waals surface area (Å²) in [5, 5.41) is 2.58. The first-order valence-corrected chi connectivity index (χ1v) is 11.7. The van der Waals surface area contributed by atoms with Crippen molar-refractivity contribution >= 4 is 35.9 Å². The van der Waals surface area contributed by atoms with Gasteiger partial charge in [-0.25, -0.2) is 9.18 Å². The molecule has 2 rings (SSSR count). The van der Waals surface area contributed by atoms with Crippen molar-refractivity contribution in [3.8, 4) is 5.75 Å². The Hall–Kier alpha value is -1.51. The van der Waals surface area contributed by atoms with E-state index in [1.54, 1.807) is 19.0 Å². The molecule has 1 saturated carbocycles. The van der Waals surface area contributed by atoms with E-state index in [4.69, 9.17) is 16.3 Å². The first-order chi connectivity index (χ1) is 14.5. The molecule has 0 saturated heterocycles. The van der Waals surface area contributed by atoms with Crippen LogP contribution in [-0.2, 0) is 4.79 Å². The predicted octanol–water partition coefficient (Wildman–Crippen LogP) is 4.58. The second-order valence-electron chi connectivity index (χ2n) is 7.49. The summed E-state index contributed by atoms with van der Waals surface area (Å²) in [7, 11) is 1.55. The molecule has 1 aromatic rings. The molecule has 0 heterocycles. The van der Waals surface area contributed by atoms with Crippen molar-refractivity contribution < 1.29 is 18.7 Å². The lowest BCUT2D eigenvalue weighted by atomic mass is 10.1. The number of carbonyl (C=O) groups excluding carboxylic acids is 2. The Kier molecular flexibility index (Phi) is 10.7. The fourth-order valence-corrected chi connectivity index (χ4v) is 3.88. The maximum absolute atomic E-state index is 14.2. The highest BCUT2D eigenvalue weighted by atomic mass is 35.5. The molecule has 1 atom stereocenters. The van der Waals surface area contributed by atoms with Gasteiger partial charge in [0.05, 0.1) is 13.2 Å². The molecule has 30 heavy (non-hydrogen) atoms. The number of ether oxygens (including phenoxy) is 1. The molecule has 168 valence electrons. The quantitative estimate of drug-likeness (QED) is 0.242. The zero-order valence-electron chi connectivity index (χ0n) is 17.6. The largest absolute Gasteiger partial charge is 0.492 e. The van der Waals surface area contributed by atoms with Gasteiger partial charge in [0.2, 0.25) is 0 Å². The van der Waals surface area contributed by atoms with E-state index in [-0.39, 0.29) is 23.6 Å². The molecule has 0 bridgehead atoms. The Morgan fingerprint density at radius 3 is 2.83 bits per heavy atom. The number of halogens is 2. The lowest BCUT2D eigenvalue weighted by molar-refractivity contribution is -0.108. The van der Waals surface area contributed by atoms with E-state index in [9.17, 15) is 14.0 Å². The zero-order valence-corrected chi connectivity index (χ0v) is 19.2. The van der Waals surface area contributed by atoms with Crippen LogP contribution >= 0.6 is 23.5 Å². The molecule has 0 spiro atoms. The minimum atomic E-state index is -0.463. The molecular formula is C21H31ClFN3O3S. The number of rotatable bonds is 14. The second kappa shape index (κ2) is 13.0. The predicted molar refractivity (Wildman–Crippen MR) is 120 cm³/mol. The van der Waals surface area contributed by atoms with Crippen molar-refractivity contribution in [1.82, 2.24) is 14.9 Å². The lowest BCUT2D eigenvalue weighted by Crippen LogP contribution is -2.39. The van der Waals surface area contributed by atoms with E-state index in [0.29, 0.717) is 24.8 Å². The van der Waals surface area contributed by atoms with Gasteiger partial charge in [-0.15, -0.1) is 0 Å². The van der Waals surface area contributed by atoms with Crippen LogP contribution in [0.5, 0.6) is 5.75 Å². The number of unbranched alkanes of at least 4 members (excludes halogenated alkanes) is 2. The fraction of sp³-hybridized carbons (Fsp3) is 0.619. The first kappa shape index (κ1) is 24.8. The van der Waals surface area contributed by atoms with Crippen molar-refractivity contribution in [1.29, 1.82) is 0 Å². The van der Waals surface area contributed by atoms with Crippen LogP contribution in [0.4, 0.5) is 9.18 Å². The van der Waals surface area contributed by atoms with Gasteiger partial charge in [-0.2, -0.15) is 0 Å². The number of urea groups is 1. The van der Waals surface area contributed by atoms with Crippen molar-refractivity contribution in [2.24, 2.45) is 5.92 Å². The number of amides is 2. The molecule has 1 unspecified atom stereocenters. The summed E-state index contributed by atoms with van der Waals surface area (Å²) in [6.07, 6.45) is 5.81. The third kappa shape index (κ3) is 8.32. The monoisotopic (exact) mass is 459 g/mol. The Morgan fingerprint density at radius 1 is 1.40 bits per heavy atom. The summed E-state index contributed by atoms with van der Waals surface area (Å²) in [6, 6.07) is 2.97. The molecule has 2 amide bonds. The standard InChI is InChI=1S/C21H31ClFN3O3S/c1-15(17-12-18(23)20(22)19(13-17)29-14-16-6-7-16)25-30-11-5-3-4-8-26(9-10-27)21(28)24-2/h10,12-13,15-16,25H,3-9,11,14H2,1-2H3,(H,24,28). The normalized spacial score (nSPS) is 14.3. The molecule has 1 aliphatic rings. The van der Waals surface area contributed by atoms with Gasteiger partial charge in [0.15, 0.2) is 0 Å². The molecule has 1 fully saturated rings. The topological polar surface area (TPSA) is 70.7 Å². The summed E-state index contributed by atoms with van der Waals surface area (Å²) >= 11 is 7.63. The Bertz CT molecular complexity index is 706. The number of benzene rings is 1. The summed E-state index contributed by atoms with van der Waals surface area (Å²) in [5.41, 5.74) is 0.797. The van der Waals surface area contributed by atoms with Crippen molar-refractivity contribution in [2.75, 3.05) is 32.5 Å². The van der Waals surface area contributed by atoms with E-state index >= 15 is 0 Å².